The normalized spacial score (nSPS) is 12.4. The first kappa shape index (κ1) is 18.8. The molecule has 0 fully saturated rings. The van der Waals surface area contributed by atoms with Crippen LogP contribution in [0.5, 0.6) is 0 Å². The zero-order valence-electron chi connectivity index (χ0n) is 18.1. The lowest BCUT2D eigenvalue weighted by Gasteiger charge is -2.21. The molecule has 0 saturated carbocycles. The highest BCUT2D eigenvalue weighted by molar-refractivity contribution is 7.26. The Morgan fingerprint density at radius 3 is 1.45 bits per heavy atom. The van der Waals surface area contributed by atoms with Crippen molar-refractivity contribution in [1.82, 2.24) is 0 Å². The van der Waals surface area contributed by atoms with Crippen molar-refractivity contribution in [2.45, 2.75) is 13.8 Å². The van der Waals surface area contributed by atoms with Crippen molar-refractivity contribution in [2.24, 2.45) is 0 Å². The van der Waals surface area contributed by atoms with E-state index >= 15 is 0 Å². The molecule has 0 radical (unpaired) electrons. The fourth-order valence-electron chi connectivity index (χ4n) is 5.62. The van der Waals surface area contributed by atoms with Crippen LogP contribution in [0.3, 0.4) is 0 Å². The lowest BCUT2D eigenvalue weighted by atomic mass is 9.82. The molecule has 0 N–H and O–H groups in total. The quantitative estimate of drug-likeness (QED) is 0.160. The Morgan fingerprint density at radius 1 is 0.606 bits per heavy atom. The summed E-state index contributed by atoms with van der Waals surface area (Å²) in [4.78, 5) is 26.6. The predicted octanol–water partition coefficient (Wildman–Crippen LogP) is 7.33. The summed E-state index contributed by atoms with van der Waals surface area (Å²) in [7, 11) is 0. The monoisotopic (exact) mass is 450 g/mol. The second kappa shape index (κ2) is 6.42. The average Bonchev–Trinajstić information content (AvgIpc) is 3.22. The third-order valence-corrected chi connectivity index (χ3v) is 7.88. The Balaban J connectivity index is 1.85. The molecule has 0 aliphatic carbocycles. The summed E-state index contributed by atoms with van der Waals surface area (Å²) in [6, 6.07) is 16.6. The van der Waals surface area contributed by atoms with E-state index in [4.69, 9.17) is 9.47 Å². The first-order valence-electron chi connectivity index (χ1n) is 11.1. The molecule has 0 unspecified atom stereocenters. The van der Waals surface area contributed by atoms with Crippen LogP contribution in [0.2, 0.25) is 0 Å². The van der Waals surface area contributed by atoms with Gasteiger partial charge in [-0.15, -0.1) is 11.3 Å². The van der Waals surface area contributed by atoms with Crippen LogP contribution in [0.15, 0.2) is 48.5 Å². The van der Waals surface area contributed by atoms with E-state index < -0.39 is 11.9 Å². The predicted molar refractivity (Wildman–Crippen MR) is 135 cm³/mol. The number of rotatable bonds is 4. The lowest BCUT2D eigenvalue weighted by molar-refractivity contribution is 0.0482. The first-order chi connectivity index (χ1) is 16.1. The van der Waals surface area contributed by atoms with Gasteiger partial charge >= 0.3 is 11.9 Å². The van der Waals surface area contributed by atoms with Crippen LogP contribution in [-0.2, 0) is 9.47 Å². The number of hydrogen-bond donors (Lipinski definition) is 0. The maximum absolute atomic E-state index is 13.3. The van der Waals surface area contributed by atoms with Crippen molar-refractivity contribution >= 4 is 86.5 Å². The standard InChI is InChI=1S/C28H18O4S/c1-3-31-27(29)23-15-9-5-13-7-11-17-25-19(13)21(15)22-16(24(23)28(30)32-4-2)10-6-14-8-12-18(33-17)26(25)20(14)22/h5-12H,3-4H2,1-2H3. The molecule has 0 spiro atoms. The third kappa shape index (κ3) is 2.20. The SMILES string of the molecule is CCOC(=O)c1c(C(=O)OCC)c2ccc3ccc4sc5ccc6ccc1c1c6c5c4c3c21. The molecular formula is C28H18O4S. The Hall–Kier alpha value is -3.70. The molecule has 1 aromatic heterocycles. The Labute approximate surface area is 192 Å². The average molecular weight is 451 g/mol. The number of ether oxygens (including phenoxy) is 2. The molecule has 0 atom stereocenters. The van der Waals surface area contributed by atoms with Gasteiger partial charge in [0.05, 0.1) is 24.3 Å². The van der Waals surface area contributed by atoms with E-state index in [0.29, 0.717) is 11.1 Å². The van der Waals surface area contributed by atoms with Crippen molar-refractivity contribution in [3.05, 3.63) is 59.7 Å². The minimum atomic E-state index is -0.497. The lowest BCUT2D eigenvalue weighted by Crippen LogP contribution is -2.16. The van der Waals surface area contributed by atoms with Crippen molar-refractivity contribution in [2.75, 3.05) is 13.2 Å². The highest BCUT2D eigenvalue weighted by Gasteiger charge is 2.30. The molecule has 0 saturated heterocycles. The van der Waals surface area contributed by atoms with E-state index in [2.05, 4.69) is 24.3 Å². The maximum Gasteiger partial charge on any atom is 0.339 e. The van der Waals surface area contributed by atoms with Crippen LogP contribution in [0.25, 0.3) is 63.3 Å². The van der Waals surface area contributed by atoms with Gasteiger partial charge in [0.25, 0.3) is 0 Å². The van der Waals surface area contributed by atoms with Crippen molar-refractivity contribution in [1.29, 1.82) is 0 Å². The van der Waals surface area contributed by atoms with E-state index in [9.17, 15) is 9.59 Å². The molecule has 7 aromatic rings. The highest BCUT2D eigenvalue weighted by Crippen LogP contribution is 2.52. The molecule has 33 heavy (non-hydrogen) atoms. The van der Waals surface area contributed by atoms with Crippen LogP contribution < -0.4 is 0 Å². The van der Waals surface area contributed by atoms with E-state index in [1.54, 1.807) is 25.2 Å². The fraction of sp³-hybridized carbons (Fsp3) is 0.143. The summed E-state index contributed by atoms with van der Waals surface area (Å²) in [6.45, 7) is 4.00. The van der Waals surface area contributed by atoms with Gasteiger partial charge in [-0.2, -0.15) is 0 Å². The van der Waals surface area contributed by atoms with Gasteiger partial charge in [0.1, 0.15) is 0 Å². The maximum atomic E-state index is 13.3. The van der Waals surface area contributed by atoms with Gasteiger partial charge in [-0.3, -0.25) is 0 Å². The van der Waals surface area contributed by atoms with Gasteiger partial charge in [0.15, 0.2) is 0 Å². The van der Waals surface area contributed by atoms with Crippen molar-refractivity contribution < 1.29 is 19.1 Å². The van der Waals surface area contributed by atoms with Gasteiger partial charge < -0.3 is 9.47 Å². The van der Waals surface area contributed by atoms with Crippen LogP contribution in [0, 0.1) is 0 Å². The number of hydrogen-bond acceptors (Lipinski definition) is 5. The van der Waals surface area contributed by atoms with Gasteiger partial charge in [0.2, 0.25) is 0 Å². The number of thiophene rings is 1. The fourth-order valence-corrected chi connectivity index (χ4v) is 6.74. The molecule has 7 rings (SSSR count). The largest absolute Gasteiger partial charge is 0.462 e. The highest BCUT2D eigenvalue weighted by atomic mass is 32.1. The Bertz CT molecular complexity index is 1740. The number of benzene rings is 6. The minimum Gasteiger partial charge on any atom is -0.462 e. The smallest absolute Gasteiger partial charge is 0.339 e. The molecule has 0 aliphatic heterocycles. The molecule has 5 heteroatoms. The molecular weight excluding hydrogens is 432 g/mol. The summed E-state index contributed by atoms with van der Waals surface area (Å²) in [5.41, 5.74) is 0.587. The summed E-state index contributed by atoms with van der Waals surface area (Å²) in [6.07, 6.45) is 0. The van der Waals surface area contributed by atoms with Crippen LogP contribution >= 0.6 is 11.3 Å². The van der Waals surface area contributed by atoms with Gasteiger partial charge in [-0.05, 0) is 69.1 Å². The van der Waals surface area contributed by atoms with E-state index in [0.717, 1.165) is 43.1 Å². The van der Waals surface area contributed by atoms with E-state index in [1.807, 2.05) is 24.3 Å². The second-order valence-corrected chi connectivity index (χ2v) is 9.43. The molecule has 0 bridgehead atoms. The second-order valence-electron chi connectivity index (χ2n) is 8.34. The molecule has 6 aromatic carbocycles. The number of carbonyl (C=O) groups is 2. The number of esters is 2. The van der Waals surface area contributed by atoms with Gasteiger partial charge in [-0.1, -0.05) is 36.4 Å². The van der Waals surface area contributed by atoms with Crippen molar-refractivity contribution in [3.8, 4) is 0 Å². The zero-order valence-corrected chi connectivity index (χ0v) is 18.9. The Kier molecular flexibility index (Phi) is 3.67. The summed E-state index contributed by atoms with van der Waals surface area (Å²) >= 11 is 1.78. The van der Waals surface area contributed by atoms with Crippen LogP contribution in [0.4, 0.5) is 0 Å². The van der Waals surface area contributed by atoms with E-state index in [1.165, 1.54) is 20.2 Å². The Morgan fingerprint density at radius 2 is 1.03 bits per heavy atom. The van der Waals surface area contributed by atoms with Crippen molar-refractivity contribution in [3.63, 3.8) is 0 Å². The first-order valence-corrected chi connectivity index (χ1v) is 11.9. The zero-order chi connectivity index (χ0) is 22.4. The van der Waals surface area contributed by atoms with Crippen LogP contribution in [-0.4, -0.2) is 25.2 Å². The third-order valence-electron chi connectivity index (χ3n) is 6.76. The summed E-state index contributed by atoms with van der Waals surface area (Å²) in [5, 5.41) is 10.5. The summed E-state index contributed by atoms with van der Waals surface area (Å²) < 4.78 is 13.4. The van der Waals surface area contributed by atoms with E-state index in [-0.39, 0.29) is 13.2 Å². The molecule has 0 amide bonds. The minimum absolute atomic E-state index is 0.228. The molecule has 0 aliphatic rings. The molecule has 160 valence electrons. The molecule has 1 heterocycles. The van der Waals surface area contributed by atoms with Gasteiger partial charge in [0, 0.05) is 20.2 Å². The summed E-state index contributed by atoms with van der Waals surface area (Å²) in [5.74, 6) is -0.994. The molecule has 4 nitrogen and oxygen atoms in total. The van der Waals surface area contributed by atoms with Gasteiger partial charge in [-0.25, -0.2) is 9.59 Å². The topological polar surface area (TPSA) is 52.6 Å². The number of carbonyl (C=O) groups excluding carboxylic acids is 2. The van der Waals surface area contributed by atoms with Crippen LogP contribution in [0.1, 0.15) is 34.6 Å².